The van der Waals surface area contributed by atoms with Gasteiger partial charge in [-0.15, -0.1) is 0 Å². The first-order valence-corrected chi connectivity index (χ1v) is 5.82. The summed E-state index contributed by atoms with van der Waals surface area (Å²) < 4.78 is 33.8. The van der Waals surface area contributed by atoms with Gasteiger partial charge in [0.2, 0.25) is 0 Å². The SMILES string of the molecule is COCCNCCCCS(=O)(=O)O. The largest absolute Gasteiger partial charge is 0.383 e. The second-order valence-electron chi connectivity index (χ2n) is 2.74. The highest BCUT2D eigenvalue weighted by atomic mass is 32.2. The predicted molar refractivity (Wildman–Crippen MR) is 50.4 cm³/mol. The summed E-state index contributed by atoms with van der Waals surface area (Å²) in [4.78, 5) is 0. The third-order valence-electron chi connectivity index (χ3n) is 1.49. The molecule has 0 heterocycles. The topological polar surface area (TPSA) is 75.6 Å². The molecule has 0 bridgehead atoms. The van der Waals surface area contributed by atoms with Gasteiger partial charge in [0.15, 0.2) is 0 Å². The van der Waals surface area contributed by atoms with Crippen LogP contribution in [0.5, 0.6) is 0 Å². The zero-order valence-electron chi connectivity index (χ0n) is 7.82. The molecule has 0 unspecified atom stereocenters. The maximum absolute atomic E-state index is 10.3. The van der Waals surface area contributed by atoms with Crippen LogP contribution >= 0.6 is 0 Å². The third kappa shape index (κ3) is 11.8. The molecule has 0 amide bonds. The van der Waals surface area contributed by atoms with Gasteiger partial charge in [0.05, 0.1) is 12.4 Å². The molecular weight excluding hydrogens is 194 g/mol. The molecule has 0 aromatic rings. The lowest BCUT2D eigenvalue weighted by atomic mass is 10.3. The average Bonchev–Trinajstić information content (AvgIpc) is 2.01. The summed E-state index contributed by atoms with van der Waals surface area (Å²) >= 11 is 0. The lowest BCUT2D eigenvalue weighted by molar-refractivity contribution is 0.199. The van der Waals surface area contributed by atoms with Crippen LogP contribution in [0.3, 0.4) is 0 Å². The zero-order valence-corrected chi connectivity index (χ0v) is 8.64. The summed E-state index contributed by atoms with van der Waals surface area (Å²) in [5.41, 5.74) is 0. The average molecular weight is 211 g/mol. The Kier molecular flexibility index (Phi) is 7.16. The molecular formula is C7H17NO4S. The molecule has 0 saturated heterocycles. The molecule has 6 heteroatoms. The molecule has 0 aromatic carbocycles. The van der Waals surface area contributed by atoms with Gasteiger partial charge in [-0.05, 0) is 19.4 Å². The molecule has 80 valence electrons. The van der Waals surface area contributed by atoms with Gasteiger partial charge in [-0.1, -0.05) is 0 Å². The first-order valence-electron chi connectivity index (χ1n) is 4.21. The van der Waals surface area contributed by atoms with Crippen LogP contribution in [0.1, 0.15) is 12.8 Å². The molecule has 5 nitrogen and oxygen atoms in total. The van der Waals surface area contributed by atoms with E-state index in [9.17, 15) is 8.42 Å². The Labute approximate surface area is 79.2 Å². The van der Waals surface area contributed by atoms with E-state index in [1.54, 1.807) is 7.11 Å². The van der Waals surface area contributed by atoms with Crippen LogP contribution in [0.15, 0.2) is 0 Å². The number of rotatable bonds is 8. The standard InChI is InChI=1S/C7H17NO4S/c1-12-6-5-8-4-2-3-7-13(9,10)11/h8H,2-7H2,1H3,(H,9,10,11). The lowest BCUT2D eigenvalue weighted by Gasteiger charge is -2.02. The molecule has 0 saturated carbocycles. The van der Waals surface area contributed by atoms with Crippen LogP contribution < -0.4 is 5.32 Å². The molecule has 0 aliphatic rings. The van der Waals surface area contributed by atoms with Crippen LogP contribution in [0.25, 0.3) is 0 Å². The molecule has 0 radical (unpaired) electrons. The lowest BCUT2D eigenvalue weighted by Crippen LogP contribution is -2.20. The normalized spacial score (nSPS) is 11.8. The molecule has 0 aromatic heterocycles. The van der Waals surface area contributed by atoms with Crippen LogP contribution in [-0.4, -0.2) is 45.5 Å². The number of nitrogens with one attached hydrogen (secondary N) is 1. The van der Waals surface area contributed by atoms with Crippen LogP contribution in [0.2, 0.25) is 0 Å². The summed E-state index contributed by atoms with van der Waals surface area (Å²) in [7, 11) is -2.15. The highest BCUT2D eigenvalue weighted by molar-refractivity contribution is 7.85. The van der Waals surface area contributed by atoms with Gasteiger partial charge >= 0.3 is 0 Å². The van der Waals surface area contributed by atoms with E-state index < -0.39 is 10.1 Å². The minimum Gasteiger partial charge on any atom is -0.383 e. The smallest absolute Gasteiger partial charge is 0.264 e. The molecule has 0 fully saturated rings. The van der Waals surface area contributed by atoms with Gasteiger partial charge in [-0.3, -0.25) is 4.55 Å². The quantitative estimate of drug-likeness (QED) is 0.433. The molecule has 2 N–H and O–H groups in total. The maximum Gasteiger partial charge on any atom is 0.264 e. The Balaban J connectivity index is 3.09. The summed E-state index contributed by atoms with van der Waals surface area (Å²) in [5, 5.41) is 3.07. The Hall–Kier alpha value is -0.170. The Morgan fingerprint density at radius 2 is 2.00 bits per heavy atom. The summed E-state index contributed by atoms with van der Waals surface area (Å²) in [5.74, 6) is -0.154. The van der Waals surface area contributed by atoms with E-state index in [1.807, 2.05) is 0 Å². The van der Waals surface area contributed by atoms with Gasteiger partial charge < -0.3 is 10.1 Å². The minimum atomic E-state index is -3.77. The van der Waals surface area contributed by atoms with Crippen molar-refractivity contribution in [1.29, 1.82) is 0 Å². The van der Waals surface area contributed by atoms with E-state index in [4.69, 9.17) is 9.29 Å². The minimum absolute atomic E-state index is 0.154. The van der Waals surface area contributed by atoms with E-state index in [0.717, 1.165) is 19.5 Å². The van der Waals surface area contributed by atoms with Crippen molar-refractivity contribution in [3.63, 3.8) is 0 Å². The third-order valence-corrected chi connectivity index (χ3v) is 2.29. The van der Waals surface area contributed by atoms with Crippen molar-refractivity contribution < 1.29 is 17.7 Å². The van der Waals surface area contributed by atoms with E-state index >= 15 is 0 Å². The van der Waals surface area contributed by atoms with Crippen molar-refractivity contribution in [2.75, 3.05) is 32.6 Å². The summed E-state index contributed by atoms with van der Waals surface area (Å²) in [6.45, 7) is 2.17. The highest BCUT2D eigenvalue weighted by Gasteiger charge is 2.02. The first kappa shape index (κ1) is 12.8. The van der Waals surface area contributed by atoms with Crippen molar-refractivity contribution in [3.8, 4) is 0 Å². The molecule has 0 rings (SSSR count). The van der Waals surface area contributed by atoms with Crippen molar-refractivity contribution in [2.45, 2.75) is 12.8 Å². The number of methoxy groups -OCH3 is 1. The zero-order chi connectivity index (χ0) is 10.2. The van der Waals surface area contributed by atoms with Crippen molar-refractivity contribution in [2.24, 2.45) is 0 Å². The molecule has 13 heavy (non-hydrogen) atoms. The van der Waals surface area contributed by atoms with Gasteiger partial charge in [0, 0.05) is 13.7 Å². The maximum atomic E-state index is 10.3. The number of hydrogen-bond donors (Lipinski definition) is 2. The number of unbranched alkanes of at least 4 members (excludes halogenated alkanes) is 1. The van der Waals surface area contributed by atoms with E-state index in [1.165, 1.54) is 0 Å². The molecule has 0 atom stereocenters. The molecule has 0 spiro atoms. The van der Waals surface area contributed by atoms with Gasteiger partial charge in [-0.2, -0.15) is 8.42 Å². The fourth-order valence-electron chi connectivity index (χ4n) is 0.834. The van der Waals surface area contributed by atoms with Crippen LogP contribution in [0, 0.1) is 0 Å². The second-order valence-corrected chi connectivity index (χ2v) is 4.31. The van der Waals surface area contributed by atoms with Crippen molar-refractivity contribution >= 4 is 10.1 Å². The number of ether oxygens (including phenoxy) is 1. The van der Waals surface area contributed by atoms with Crippen LogP contribution in [-0.2, 0) is 14.9 Å². The van der Waals surface area contributed by atoms with E-state index in [-0.39, 0.29) is 5.75 Å². The first-order chi connectivity index (χ1) is 6.06. The van der Waals surface area contributed by atoms with Gasteiger partial charge in [0.1, 0.15) is 0 Å². The summed E-state index contributed by atoms with van der Waals surface area (Å²) in [6.07, 6.45) is 1.22. The van der Waals surface area contributed by atoms with E-state index in [0.29, 0.717) is 13.0 Å². The number of hydrogen-bond acceptors (Lipinski definition) is 4. The Bertz CT molecular complexity index is 203. The van der Waals surface area contributed by atoms with Crippen molar-refractivity contribution in [3.05, 3.63) is 0 Å². The Morgan fingerprint density at radius 3 is 2.54 bits per heavy atom. The fourth-order valence-corrected chi connectivity index (χ4v) is 1.40. The van der Waals surface area contributed by atoms with Crippen LogP contribution in [0.4, 0.5) is 0 Å². The second kappa shape index (κ2) is 7.25. The summed E-state index contributed by atoms with van der Waals surface area (Å²) in [6, 6.07) is 0. The van der Waals surface area contributed by atoms with Crippen molar-refractivity contribution in [1.82, 2.24) is 5.32 Å². The predicted octanol–water partition coefficient (Wildman–Crippen LogP) is -0.110. The highest BCUT2D eigenvalue weighted by Crippen LogP contribution is 1.92. The molecule has 0 aliphatic carbocycles. The molecule has 0 aliphatic heterocycles. The fraction of sp³-hybridized carbons (Fsp3) is 1.00. The van der Waals surface area contributed by atoms with Gasteiger partial charge in [0.25, 0.3) is 10.1 Å². The van der Waals surface area contributed by atoms with Gasteiger partial charge in [-0.25, -0.2) is 0 Å². The Morgan fingerprint density at radius 1 is 1.31 bits per heavy atom. The van der Waals surface area contributed by atoms with E-state index in [2.05, 4.69) is 5.32 Å². The monoisotopic (exact) mass is 211 g/mol.